The molecule has 1 atom stereocenters. The molecule has 0 aliphatic heterocycles. The smallest absolute Gasteiger partial charge is 0.180 e. The summed E-state index contributed by atoms with van der Waals surface area (Å²) >= 11 is 0. The topological polar surface area (TPSA) is 60.2 Å². The number of rotatable bonds is 4. The first-order valence-electron chi connectivity index (χ1n) is 6.51. The van der Waals surface area contributed by atoms with Crippen molar-refractivity contribution in [2.24, 2.45) is 5.73 Å². The molecule has 2 aromatic carbocycles. The van der Waals surface area contributed by atoms with Crippen molar-refractivity contribution >= 4 is 9.84 Å². The monoisotopic (exact) mass is 289 g/mol. The van der Waals surface area contributed by atoms with E-state index in [4.69, 9.17) is 5.73 Å². The first kappa shape index (κ1) is 14.8. The number of aryl methyl sites for hydroxylation is 2. The maximum Gasteiger partial charge on any atom is 0.180 e. The maximum absolute atomic E-state index is 12.3. The summed E-state index contributed by atoms with van der Waals surface area (Å²) in [5.41, 5.74) is 9.15. The zero-order chi connectivity index (χ0) is 14.8. The molecular formula is C16H19NO2S. The van der Waals surface area contributed by atoms with Gasteiger partial charge in [-0.2, -0.15) is 0 Å². The predicted molar refractivity (Wildman–Crippen MR) is 81.3 cm³/mol. The van der Waals surface area contributed by atoms with E-state index in [1.54, 1.807) is 30.3 Å². The van der Waals surface area contributed by atoms with E-state index < -0.39 is 15.9 Å². The normalized spacial score (nSPS) is 13.2. The summed E-state index contributed by atoms with van der Waals surface area (Å²) in [5.74, 6) is -0.0824. The predicted octanol–water partition coefficient (Wildman–Crippen LogP) is 2.78. The molecule has 2 N–H and O–H groups in total. The zero-order valence-electron chi connectivity index (χ0n) is 11.7. The van der Waals surface area contributed by atoms with E-state index in [0.717, 1.165) is 16.7 Å². The number of benzene rings is 2. The summed E-state index contributed by atoms with van der Waals surface area (Å²) in [7, 11) is -3.36. The molecule has 2 rings (SSSR count). The Morgan fingerprint density at radius 2 is 1.70 bits per heavy atom. The van der Waals surface area contributed by atoms with E-state index in [1.807, 2.05) is 32.0 Å². The van der Waals surface area contributed by atoms with Gasteiger partial charge in [-0.3, -0.25) is 0 Å². The molecule has 0 aromatic heterocycles. The average molecular weight is 289 g/mol. The highest BCUT2D eigenvalue weighted by molar-refractivity contribution is 7.91. The Balaban J connectivity index is 2.25. The molecule has 0 radical (unpaired) electrons. The van der Waals surface area contributed by atoms with Crippen LogP contribution in [0.5, 0.6) is 0 Å². The van der Waals surface area contributed by atoms with E-state index in [2.05, 4.69) is 0 Å². The largest absolute Gasteiger partial charge is 0.323 e. The Kier molecular flexibility index (Phi) is 4.26. The molecule has 1 unspecified atom stereocenters. The molecule has 0 spiro atoms. The van der Waals surface area contributed by atoms with Crippen molar-refractivity contribution in [1.29, 1.82) is 0 Å². The van der Waals surface area contributed by atoms with Gasteiger partial charge in [0.1, 0.15) is 0 Å². The summed E-state index contributed by atoms with van der Waals surface area (Å²) in [6.07, 6.45) is 0. The van der Waals surface area contributed by atoms with Gasteiger partial charge in [-0.05, 0) is 37.1 Å². The lowest BCUT2D eigenvalue weighted by molar-refractivity contribution is 0.588. The van der Waals surface area contributed by atoms with Crippen LogP contribution in [0.2, 0.25) is 0 Å². The standard InChI is InChI=1S/C16H19NO2S/c1-12-8-9-15(13(2)10-12)16(17)11-20(18,19)14-6-4-3-5-7-14/h3-10,16H,11,17H2,1-2H3. The van der Waals surface area contributed by atoms with E-state index >= 15 is 0 Å². The molecule has 0 amide bonds. The van der Waals surface area contributed by atoms with Gasteiger partial charge in [-0.15, -0.1) is 0 Å². The van der Waals surface area contributed by atoms with Crippen LogP contribution in [0.4, 0.5) is 0 Å². The maximum atomic E-state index is 12.3. The average Bonchev–Trinajstić information content (AvgIpc) is 2.39. The molecular weight excluding hydrogens is 270 g/mol. The van der Waals surface area contributed by atoms with Crippen molar-refractivity contribution in [2.45, 2.75) is 24.8 Å². The Morgan fingerprint density at radius 1 is 1.05 bits per heavy atom. The van der Waals surface area contributed by atoms with Crippen LogP contribution in [0.15, 0.2) is 53.4 Å². The molecule has 2 aromatic rings. The summed E-state index contributed by atoms with van der Waals surface area (Å²) in [5, 5.41) is 0. The second-order valence-corrected chi connectivity index (χ2v) is 7.10. The van der Waals surface area contributed by atoms with E-state index in [0.29, 0.717) is 4.90 Å². The number of sulfone groups is 1. The van der Waals surface area contributed by atoms with Gasteiger partial charge in [-0.25, -0.2) is 8.42 Å². The quantitative estimate of drug-likeness (QED) is 0.941. The van der Waals surface area contributed by atoms with Gasteiger partial charge in [0.05, 0.1) is 10.6 Å². The van der Waals surface area contributed by atoms with Gasteiger partial charge in [0.2, 0.25) is 0 Å². The highest BCUT2D eigenvalue weighted by atomic mass is 32.2. The van der Waals surface area contributed by atoms with Crippen molar-refractivity contribution in [3.8, 4) is 0 Å². The van der Waals surface area contributed by atoms with Gasteiger partial charge < -0.3 is 5.73 Å². The lowest BCUT2D eigenvalue weighted by Gasteiger charge is -2.15. The molecule has 0 saturated carbocycles. The number of hydrogen-bond acceptors (Lipinski definition) is 3. The van der Waals surface area contributed by atoms with Gasteiger partial charge in [0.15, 0.2) is 9.84 Å². The van der Waals surface area contributed by atoms with Crippen LogP contribution >= 0.6 is 0 Å². The van der Waals surface area contributed by atoms with Gasteiger partial charge in [-0.1, -0.05) is 42.0 Å². The van der Waals surface area contributed by atoms with Crippen molar-refractivity contribution in [3.63, 3.8) is 0 Å². The fourth-order valence-electron chi connectivity index (χ4n) is 2.29. The van der Waals surface area contributed by atoms with Crippen molar-refractivity contribution in [1.82, 2.24) is 0 Å². The van der Waals surface area contributed by atoms with Crippen molar-refractivity contribution in [3.05, 3.63) is 65.2 Å². The Hall–Kier alpha value is -1.65. The number of nitrogens with two attached hydrogens (primary N) is 1. The van der Waals surface area contributed by atoms with E-state index in [-0.39, 0.29) is 5.75 Å². The Labute approximate surface area is 120 Å². The second-order valence-electron chi connectivity index (χ2n) is 5.06. The minimum absolute atomic E-state index is 0.0824. The van der Waals surface area contributed by atoms with E-state index in [9.17, 15) is 8.42 Å². The highest BCUT2D eigenvalue weighted by Gasteiger charge is 2.20. The van der Waals surface area contributed by atoms with Crippen LogP contribution in [0.1, 0.15) is 22.7 Å². The fraction of sp³-hybridized carbons (Fsp3) is 0.250. The molecule has 4 heteroatoms. The first-order valence-corrected chi connectivity index (χ1v) is 8.16. The molecule has 20 heavy (non-hydrogen) atoms. The SMILES string of the molecule is Cc1ccc(C(N)CS(=O)(=O)c2ccccc2)c(C)c1. The Morgan fingerprint density at radius 3 is 2.30 bits per heavy atom. The summed E-state index contributed by atoms with van der Waals surface area (Å²) < 4.78 is 24.6. The first-order chi connectivity index (χ1) is 9.40. The van der Waals surface area contributed by atoms with Gasteiger partial charge in [0, 0.05) is 6.04 Å². The molecule has 0 saturated heterocycles. The minimum atomic E-state index is -3.36. The second kappa shape index (κ2) is 5.77. The third-order valence-electron chi connectivity index (χ3n) is 3.33. The van der Waals surface area contributed by atoms with E-state index in [1.165, 1.54) is 0 Å². The van der Waals surface area contributed by atoms with Crippen LogP contribution in [-0.2, 0) is 9.84 Å². The lowest BCUT2D eigenvalue weighted by atomic mass is 10.0. The van der Waals surface area contributed by atoms with Crippen molar-refractivity contribution in [2.75, 3.05) is 5.75 Å². The molecule has 106 valence electrons. The van der Waals surface area contributed by atoms with Crippen LogP contribution in [-0.4, -0.2) is 14.2 Å². The Bertz CT molecular complexity index is 694. The van der Waals surface area contributed by atoms with Crippen LogP contribution in [0, 0.1) is 13.8 Å². The fourth-order valence-corrected chi connectivity index (χ4v) is 3.71. The van der Waals surface area contributed by atoms with Crippen LogP contribution < -0.4 is 5.73 Å². The van der Waals surface area contributed by atoms with Crippen LogP contribution in [0.3, 0.4) is 0 Å². The molecule has 3 nitrogen and oxygen atoms in total. The van der Waals surface area contributed by atoms with Crippen LogP contribution in [0.25, 0.3) is 0 Å². The molecule has 0 bridgehead atoms. The zero-order valence-corrected chi connectivity index (χ0v) is 12.5. The minimum Gasteiger partial charge on any atom is -0.323 e. The summed E-state index contributed by atoms with van der Waals surface area (Å²) in [6.45, 7) is 3.96. The summed E-state index contributed by atoms with van der Waals surface area (Å²) in [4.78, 5) is 0.320. The lowest BCUT2D eigenvalue weighted by Crippen LogP contribution is -2.22. The summed E-state index contributed by atoms with van der Waals surface area (Å²) in [6, 6.07) is 13.8. The highest BCUT2D eigenvalue weighted by Crippen LogP contribution is 2.21. The third-order valence-corrected chi connectivity index (χ3v) is 5.11. The third kappa shape index (κ3) is 3.26. The van der Waals surface area contributed by atoms with Gasteiger partial charge in [0.25, 0.3) is 0 Å². The molecule has 0 aliphatic rings. The van der Waals surface area contributed by atoms with Crippen molar-refractivity contribution < 1.29 is 8.42 Å². The molecule has 0 fully saturated rings. The molecule has 0 heterocycles. The molecule has 0 aliphatic carbocycles. The number of hydrogen-bond donors (Lipinski definition) is 1. The van der Waals surface area contributed by atoms with Gasteiger partial charge >= 0.3 is 0 Å².